The van der Waals surface area contributed by atoms with E-state index in [1.54, 1.807) is 7.11 Å². The van der Waals surface area contributed by atoms with E-state index >= 15 is 0 Å². The molecule has 2 heterocycles. The highest BCUT2D eigenvalue weighted by atomic mass is 32.2. The lowest BCUT2D eigenvalue weighted by Gasteiger charge is -2.43. The lowest BCUT2D eigenvalue weighted by atomic mass is 9.90. The van der Waals surface area contributed by atoms with Gasteiger partial charge in [-0.15, -0.1) is 0 Å². The van der Waals surface area contributed by atoms with Crippen molar-refractivity contribution in [2.45, 2.75) is 30.9 Å². The van der Waals surface area contributed by atoms with E-state index in [9.17, 15) is 8.42 Å². The van der Waals surface area contributed by atoms with Crippen LogP contribution in [0.15, 0.2) is 0 Å². The number of hydrogen-bond donors (Lipinski definition) is 1. The summed E-state index contributed by atoms with van der Waals surface area (Å²) in [5.74, 6) is 0.552. The van der Waals surface area contributed by atoms with Crippen molar-refractivity contribution in [1.29, 1.82) is 0 Å². The first-order chi connectivity index (χ1) is 8.01. The van der Waals surface area contributed by atoms with Gasteiger partial charge in [-0.05, 0) is 19.3 Å². The summed E-state index contributed by atoms with van der Waals surface area (Å²) in [5, 5.41) is 0. The van der Waals surface area contributed by atoms with Crippen LogP contribution in [-0.4, -0.2) is 63.2 Å². The average Bonchev–Trinajstić information content (AvgIpc) is 2.79. The minimum absolute atomic E-state index is 0.112. The number of hydrogen-bond acceptors (Lipinski definition) is 5. The monoisotopic (exact) mass is 262 g/mol. The second-order valence-corrected chi connectivity index (χ2v) is 7.48. The van der Waals surface area contributed by atoms with E-state index in [4.69, 9.17) is 10.5 Å². The van der Waals surface area contributed by atoms with E-state index < -0.39 is 9.84 Å². The molecule has 0 aromatic rings. The zero-order valence-electron chi connectivity index (χ0n) is 10.4. The highest BCUT2D eigenvalue weighted by Crippen LogP contribution is 2.32. The quantitative estimate of drug-likeness (QED) is 0.750. The first-order valence-corrected chi connectivity index (χ1v) is 8.02. The van der Waals surface area contributed by atoms with Crippen LogP contribution in [0.1, 0.15) is 19.3 Å². The zero-order chi connectivity index (χ0) is 12.5. The first-order valence-electron chi connectivity index (χ1n) is 6.20. The number of sulfone groups is 1. The molecular formula is C11H22N2O3S. The van der Waals surface area contributed by atoms with Crippen molar-refractivity contribution >= 4 is 9.84 Å². The average molecular weight is 262 g/mol. The van der Waals surface area contributed by atoms with Gasteiger partial charge in [0.2, 0.25) is 0 Å². The van der Waals surface area contributed by atoms with E-state index in [1.165, 1.54) is 0 Å². The molecule has 6 heteroatoms. The second kappa shape index (κ2) is 4.84. The lowest BCUT2D eigenvalue weighted by Crippen LogP contribution is -2.57. The molecule has 2 fully saturated rings. The van der Waals surface area contributed by atoms with Crippen LogP contribution < -0.4 is 5.73 Å². The summed E-state index contributed by atoms with van der Waals surface area (Å²) < 4.78 is 28.4. The third-order valence-electron chi connectivity index (χ3n) is 4.29. The molecule has 2 saturated heterocycles. The molecule has 0 radical (unpaired) electrons. The van der Waals surface area contributed by atoms with E-state index in [1.807, 2.05) is 0 Å². The van der Waals surface area contributed by atoms with Gasteiger partial charge >= 0.3 is 0 Å². The fourth-order valence-electron chi connectivity index (χ4n) is 2.92. The fraction of sp³-hybridized carbons (Fsp3) is 1.00. The number of nitrogens with zero attached hydrogens (tertiary/aromatic N) is 1. The summed E-state index contributed by atoms with van der Waals surface area (Å²) >= 11 is 0. The largest absolute Gasteiger partial charge is 0.380 e. The van der Waals surface area contributed by atoms with Crippen molar-refractivity contribution < 1.29 is 13.2 Å². The van der Waals surface area contributed by atoms with Gasteiger partial charge in [0, 0.05) is 32.3 Å². The van der Waals surface area contributed by atoms with E-state index in [2.05, 4.69) is 4.90 Å². The third kappa shape index (κ3) is 2.65. The van der Waals surface area contributed by atoms with Gasteiger partial charge in [0.05, 0.1) is 17.6 Å². The molecule has 5 nitrogen and oxygen atoms in total. The molecule has 17 heavy (non-hydrogen) atoms. The van der Waals surface area contributed by atoms with Gasteiger partial charge in [-0.1, -0.05) is 0 Å². The Bertz CT molecular complexity index is 355. The Hall–Kier alpha value is -0.170. The van der Waals surface area contributed by atoms with E-state index in [0.717, 1.165) is 19.5 Å². The van der Waals surface area contributed by atoms with Gasteiger partial charge in [-0.3, -0.25) is 4.90 Å². The second-order valence-electron chi connectivity index (χ2n) is 5.17. The summed E-state index contributed by atoms with van der Waals surface area (Å²) in [7, 11) is -1.10. The van der Waals surface area contributed by atoms with Gasteiger partial charge in [-0.25, -0.2) is 8.42 Å². The lowest BCUT2D eigenvalue weighted by molar-refractivity contribution is 0.0677. The number of rotatable bonds is 3. The predicted octanol–water partition coefficient (Wildman–Crippen LogP) is -0.387. The molecule has 1 atom stereocenters. The maximum atomic E-state index is 11.5. The van der Waals surface area contributed by atoms with Crippen LogP contribution in [0.4, 0.5) is 0 Å². The van der Waals surface area contributed by atoms with Crippen molar-refractivity contribution in [2.24, 2.45) is 5.73 Å². The summed E-state index contributed by atoms with van der Waals surface area (Å²) in [5.41, 5.74) is 5.80. The Labute approximate surface area is 103 Å². The van der Waals surface area contributed by atoms with Crippen molar-refractivity contribution in [1.82, 2.24) is 4.90 Å². The predicted molar refractivity (Wildman–Crippen MR) is 66.7 cm³/mol. The number of methoxy groups -OCH3 is 1. The molecule has 1 unspecified atom stereocenters. The highest BCUT2D eigenvalue weighted by molar-refractivity contribution is 7.91. The van der Waals surface area contributed by atoms with E-state index in [-0.39, 0.29) is 23.1 Å². The SMILES string of the molecule is COC1CCN(C2(CN)CCS(=O)(=O)CC2)C1. The van der Waals surface area contributed by atoms with Crippen LogP contribution in [0.2, 0.25) is 0 Å². The Balaban J connectivity index is 2.06. The van der Waals surface area contributed by atoms with E-state index in [0.29, 0.717) is 19.4 Å². The van der Waals surface area contributed by atoms with Crippen molar-refractivity contribution in [2.75, 3.05) is 38.2 Å². The summed E-state index contributed by atoms with van der Waals surface area (Å²) in [4.78, 5) is 2.34. The minimum atomic E-state index is -2.83. The smallest absolute Gasteiger partial charge is 0.150 e. The van der Waals surface area contributed by atoms with Crippen molar-refractivity contribution in [3.63, 3.8) is 0 Å². The molecule has 2 aliphatic rings. The third-order valence-corrected chi connectivity index (χ3v) is 5.94. The van der Waals surface area contributed by atoms with Gasteiger partial charge in [0.25, 0.3) is 0 Å². The molecule has 0 aromatic carbocycles. The minimum Gasteiger partial charge on any atom is -0.380 e. The van der Waals surface area contributed by atoms with Crippen molar-refractivity contribution in [3.8, 4) is 0 Å². The highest BCUT2D eigenvalue weighted by Gasteiger charge is 2.43. The number of nitrogens with two attached hydrogens (primary N) is 1. The maximum absolute atomic E-state index is 11.5. The van der Waals surface area contributed by atoms with Crippen LogP contribution in [0.5, 0.6) is 0 Å². The summed E-state index contributed by atoms with van der Waals surface area (Å²) in [6.07, 6.45) is 2.63. The van der Waals surface area contributed by atoms with Crippen LogP contribution in [0.3, 0.4) is 0 Å². The Morgan fingerprint density at radius 2 is 2.06 bits per heavy atom. The van der Waals surface area contributed by atoms with Crippen LogP contribution in [0.25, 0.3) is 0 Å². The zero-order valence-corrected chi connectivity index (χ0v) is 11.2. The maximum Gasteiger partial charge on any atom is 0.150 e. The Morgan fingerprint density at radius 1 is 1.41 bits per heavy atom. The molecule has 0 aliphatic carbocycles. The fourth-order valence-corrected chi connectivity index (χ4v) is 4.50. The molecule has 2 aliphatic heterocycles. The molecular weight excluding hydrogens is 240 g/mol. The normalized spacial score (nSPS) is 32.7. The molecule has 2 N–H and O–H groups in total. The van der Waals surface area contributed by atoms with Crippen LogP contribution in [0, 0.1) is 0 Å². The van der Waals surface area contributed by atoms with Gasteiger partial charge in [-0.2, -0.15) is 0 Å². The van der Waals surface area contributed by atoms with Crippen LogP contribution >= 0.6 is 0 Å². The summed E-state index contributed by atoms with van der Waals surface area (Å²) in [6.45, 7) is 2.39. The molecule has 0 aromatic heterocycles. The first kappa shape index (κ1) is 13.3. The topological polar surface area (TPSA) is 72.6 Å². The number of likely N-dealkylation sites (tertiary alicyclic amines) is 1. The molecule has 0 amide bonds. The molecule has 0 saturated carbocycles. The number of ether oxygens (including phenoxy) is 1. The summed E-state index contributed by atoms with van der Waals surface area (Å²) in [6, 6.07) is 0. The molecule has 0 bridgehead atoms. The van der Waals surface area contributed by atoms with Crippen LogP contribution in [-0.2, 0) is 14.6 Å². The van der Waals surface area contributed by atoms with Gasteiger partial charge in [0.1, 0.15) is 9.84 Å². The van der Waals surface area contributed by atoms with Gasteiger partial charge < -0.3 is 10.5 Å². The Kier molecular flexibility index (Phi) is 3.77. The molecule has 0 spiro atoms. The Morgan fingerprint density at radius 3 is 2.53 bits per heavy atom. The molecule has 100 valence electrons. The van der Waals surface area contributed by atoms with Crippen molar-refractivity contribution in [3.05, 3.63) is 0 Å². The standard InChI is InChI=1S/C11H22N2O3S/c1-16-10-2-5-13(8-10)11(9-12)3-6-17(14,15)7-4-11/h10H,2-9,12H2,1H3. The van der Waals surface area contributed by atoms with Gasteiger partial charge in [0.15, 0.2) is 0 Å². The molecule has 2 rings (SSSR count).